The van der Waals surface area contributed by atoms with Crippen molar-refractivity contribution < 1.29 is 14.3 Å². The van der Waals surface area contributed by atoms with Crippen molar-refractivity contribution in [3.05, 3.63) is 65.2 Å². The van der Waals surface area contributed by atoms with Crippen LogP contribution < -0.4 is 4.74 Å². The molecule has 0 bridgehead atoms. The van der Waals surface area contributed by atoms with E-state index in [1.54, 1.807) is 18.2 Å². The number of para-hydroxylation sites is 1. The van der Waals surface area contributed by atoms with Gasteiger partial charge >= 0.3 is 5.97 Å². The minimum absolute atomic E-state index is 0.0795. The van der Waals surface area contributed by atoms with Crippen LogP contribution in [0, 0.1) is 11.3 Å². The molecule has 0 radical (unpaired) electrons. The van der Waals surface area contributed by atoms with Gasteiger partial charge in [0.2, 0.25) is 0 Å². The number of nitriles is 1. The summed E-state index contributed by atoms with van der Waals surface area (Å²) in [5.74, 6) is 0.0731. The highest BCUT2D eigenvalue weighted by Gasteiger charge is 2.13. The average molecular weight is 281 g/mol. The number of ether oxygens (including phenoxy) is 2. The zero-order valence-electron chi connectivity index (χ0n) is 11.7. The molecule has 0 saturated heterocycles. The fraction of sp³-hybridized carbons (Fsp3) is 0.176. The number of carbonyl (C=O) groups is 1. The Kier molecular flexibility index (Phi) is 4.94. The second kappa shape index (κ2) is 7.11. The fourth-order valence-electron chi connectivity index (χ4n) is 1.94. The lowest BCUT2D eigenvalue weighted by Crippen LogP contribution is -2.08. The molecule has 0 N–H and O–H groups in total. The number of methoxy groups -OCH3 is 1. The molecule has 2 rings (SSSR count). The summed E-state index contributed by atoms with van der Waals surface area (Å²) in [6.45, 7) is 0.341. The lowest BCUT2D eigenvalue weighted by atomic mass is 10.1. The van der Waals surface area contributed by atoms with Crippen molar-refractivity contribution in [1.29, 1.82) is 5.26 Å². The highest BCUT2D eigenvalue weighted by molar-refractivity contribution is 5.74. The molecule has 0 unspecified atom stereocenters. The first-order valence-electron chi connectivity index (χ1n) is 6.50. The van der Waals surface area contributed by atoms with Crippen molar-refractivity contribution in [2.75, 3.05) is 7.11 Å². The lowest BCUT2D eigenvalue weighted by molar-refractivity contribution is -0.139. The maximum absolute atomic E-state index is 11.4. The van der Waals surface area contributed by atoms with E-state index in [1.165, 1.54) is 7.11 Å². The third-order valence-corrected chi connectivity index (χ3v) is 3.01. The fourth-order valence-corrected chi connectivity index (χ4v) is 1.94. The van der Waals surface area contributed by atoms with Crippen LogP contribution >= 0.6 is 0 Å². The van der Waals surface area contributed by atoms with Gasteiger partial charge in [-0.1, -0.05) is 42.5 Å². The SMILES string of the molecule is COC(=O)Cc1cccc(C#N)c1OCc1ccccc1. The minimum atomic E-state index is -0.366. The molecule has 0 saturated carbocycles. The maximum atomic E-state index is 11.4. The van der Waals surface area contributed by atoms with Gasteiger partial charge in [-0.05, 0) is 11.6 Å². The molecule has 21 heavy (non-hydrogen) atoms. The number of benzene rings is 2. The van der Waals surface area contributed by atoms with Crippen LogP contribution in [0.1, 0.15) is 16.7 Å². The summed E-state index contributed by atoms with van der Waals surface area (Å²) in [5.41, 5.74) is 2.05. The monoisotopic (exact) mass is 281 g/mol. The first-order chi connectivity index (χ1) is 10.2. The largest absolute Gasteiger partial charge is 0.487 e. The van der Waals surface area contributed by atoms with Gasteiger partial charge in [-0.2, -0.15) is 5.26 Å². The quantitative estimate of drug-likeness (QED) is 0.791. The van der Waals surface area contributed by atoms with E-state index < -0.39 is 0 Å². The first kappa shape index (κ1) is 14.6. The number of rotatable bonds is 5. The van der Waals surface area contributed by atoms with Crippen LogP contribution in [0.5, 0.6) is 5.75 Å². The Morgan fingerprint density at radius 2 is 1.90 bits per heavy atom. The van der Waals surface area contributed by atoms with Gasteiger partial charge in [-0.25, -0.2) is 0 Å². The molecule has 4 heteroatoms. The van der Waals surface area contributed by atoms with Crippen LogP contribution in [0.4, 0.5) is 0 Å². The standard InChI is InChI=1S/C17H15NO3/c1-20-16(19)10-14-8-5-9-15(11-18)17(14)21-12-13-6-3-2-4-7-13/h2-9H,10,12H2,1H3. The van der Waals surface area contributed by atoms with Crippen molar-refractivity contribution in [2.24, 2.45) is 0 Å². The lowest BCUT2D eigenvalue weighted by Gasteiger charge is -2.12. The Hall–Kier alpha value is -2.80. The third-order valence-electron chi connectivity index (χ3n) is 3.01. The summed E-state index contributed by atoms with van der Waals surface area (Å²) in [6.07, 6.45) is 0.0795. The van der Waals surface area contributed by atoms with Crippen molar-refractivity contribution in [1.82, 2.24) is 0 Å². The van der Waals surface area contributed by atoms with Crippen molar-refractivity contribution in [2.45, 2.75) is 13.0 Å². The molecule has 0 aliphatic heterocycles. The van der Waals surface area contributed by atoms with Crippen molar-refractivity contribution >= 4 is 5.97 Å². The number of carbonyl (C=O) groups excluding carboxylic acids is 1. The Morgan fingerprint density at radius 3 is 2.57 bits per heavy atom. The molecule has 106 valence electrons. The molecule has 0 atom stereocenters. The van der Waals surface area contributed by atoms with Crippen molar-refractivity contribution in [3.8, 4) is 11.8 Å². The van der Waals surface area contributed by atoms with Gasteiger partial charge < -0.3 is 9.47 Å². The molecule has 0 spiro atoms. The highest BCUT2D eigenvalue weighted by atomic mass is 16.5. The van der Waals surface area contributed by atoms with Crippen molar-refractivity contribution in [3.63, 3.8) is 0 Å². The second-order valence-corrected chi connectivity index (χ2v) is 4.43. The van der Waals surface area contributed by atoms with Gasteiger partial charge in [-0.15, -0.1) is 0 Å². The molecule has 0 amide bonds. The van der Waals surface area contributed by atoms with E-state index in [4.69, 9.17) is 4.74 Å². The maximum Gasteiger partial charge on any atom is 0.310 e. The van der Waals surface area contributed by atoms with E-state index in [1.807, 2.05) is 30.3 Å². The summed E-state index contributed by atoms with van der Waals surface area (Å²) < 4.78 is 10.4. The Bertz CT molecular complexity index is 659. The number of hydrogen-bond acceptors (Lipinski definition) is 4. The number of hydrogen-bond donors (Lipinski definition) is 0. The van der Waals surface area contributed by atoms with E-state index in [-0.39, 0.29) is 12.4 Å². The van der Waals surface area contributed by atoms with Gasteiger partial charge in [0.25, 0.3) is 0 Å². The van der Waals surface area contributed by atoms with Crippen LogP contribution in [0.25, 0.3) is 0 Å². The van der Waals surface area contributed by atoms with Crippen LogP contribution in [-0.4, -0.2) is 13.1 Å². The highest BCUT2D eigenvalue weighted by Crippen LogP contribution is 2.25. The third kappa shape index (κ3) is 3.83. The normalized spacial score (nSPS) is 9.71. The van der Waals surface area contributed by atoms with E-state index in [0.29, 0.717) is 23.5 Å². The molecule has 0 aromatic heterocycles. The zero-order chi connectivity index (χ0) is 15.1. The summed E-state index contributed by atoms with van der Waals surface area (Å²) in [6, 6.07) is 16.9. The number of nitrogens with zero attached hydrogens (tertiary/aromatic N) is 1. The topological polar surface area (TPSA) is 59.3 Å². The average Bonchev–Trinajstić information content (AvgIpc) is 2.54. The molecular weight excluding hydrogens is 266 g/mol. The summed E-state index contributed by atoms with van der Waals surface area (Å²) in [7, 11) is 1.33. The molecule has 0 fully saturated rings. The second-order valence-electron chi connectivity index (χ2n) is 4.43. The minimum Gasteiger partial charge on any atom is -0.487 e. The van der Waals surface area contributed by atoms with Gasteiger partial charge in [0.05, 0.1) is 19.1 Å². The van der Waals surface area contributed by atoms with Gasteiger partial charge in [-0.3, -0.25) is 4.79 Å². The van der Waals surface area contributed by atoms with E-state index >= 15 is 0 Å². The van der Waals surface area contributed by atoms with Gasteiger partial charge in [0.15, 0.2) is 0 Å². The Morgan fingerprint density at radius 1 is 1.14 bits per heavy atom. The first-order valence-corrected chi connectivity index (χ1v) is 6.50. The Labute approximate surface area is 123 Å². The molecule has 2 aromatic rings. The molecule has 4 nitrogen and oxygen atoms in total. The molecule has 0 heterocycles. The summed E-state index contributed by atoms with van der Waals surface area (Å²) >= 11 is 0. The van der Waals surface area contributed by atoms with Crippen LogP contribution in [0.3, 0.4) is 0 Å². The molecular formula is C17H15NO3. The zero-order valence-corrected chi connectivity index (χ0v) is 11.7. The van der Waals surface area contributed by atoms with E-state index in [9.17, 15) is 10.1 Å². The molecule has 0 aliphatic rings. The van der Waals surface area contributed by atoms with Gasteiger partial charge in [0.1, 0.15) is 18.4 Å². The number of esters is 1. The summed E-state index contributed by atoms with van der Waals surface area (Å²) in [5, 5.41) is 9.19. The van der Waals surface area contributed by atoms with Crippen LogP contribution in [-0.2, 0) is 22.6 Å². The summed E-state index contributed by atoms with van der Waals surface area (Å²) in [4.78, 5) is 11.4. The van der Waals surface area contributed by atoms with E-state index in [0.717, 1.165) is 5.56 Å². The predicted molar refractivity (Wildman–Crippen MR) is 77.7 cm³/mol. The Balaban J connectivity index is 2.23. The van der Waals surface area contributed by atoms with Gasteiger partial charge in [0, 0.05) is 5.56 Å². The van der Waals surface area contributed by atoms with Crippen LogP contribution in [0.2, 0.25) is 0 Å². The van der Waals surface area contributed by atoms with E-state index in [2.05, 4.69) is 10.8 Å². The smallest absolute Gasteiger partial charge is 0.310 e. The predicted octanol–water partition coefficient (Wildman–Crippen LogP) is 2.85. The van der Waals surface area contributed by atoms with Crippen LogP contribution in [0.15, 0.2) is 48.5 Å². The molecule has 0 aliphatic carbocycles. The molecule has 2 aromatic carbocycles.